The first kappa shape index (κ1) is 25.5. The Morgan fingerprint density at radius 1 is 1.11 bits per heavy atom. The lowest BCUT2D eigenvalue weighted by molar-refractivity contribution is -0.140. The van der Waals surface area contributed by atoms with Crippen molar-refractivity contribution in [2.24, 2.45) is 0 Å². The van der Waals surface area contributed by atoms with Crippen molar-refractivity contribution >= 4 is 29.5 Å². The van der Waals surface area contributed by atoms with Gasteiger partial charge < -0.3 is 9.84 Å². The topological polar surface area (TPSA) is 93.5 Å². The number of aryl methyl sites for hydroxylation is 1. The van der Waals surface area contributed by atoms with E-state index >= 15 is 0 Å². The summed E-state index contributed by atoms with van der Waals surface area (Å²) in [5.74, 6) is -1.68. The van der Waals surface area contributed by atoms with Crippen LogP contribution in [-0.2, 0) is 14.9 Å². The third-order valence-corrected chi connectivity index (χ3v) is 7.27. The second kappa shape index (κ2) is 9.95. The number of anilines is 1. The van der Waals surface area contributed by atoms with E-state index in [4.69, 9.17) is 16.3 Å². The van der Waals surface area contributed by atoms with Crippen LogP contribution >= 0.6 is 11.6 Å². The van der Waals surface area contributed by atoms with Crippen LogP contribution in [0.25, 0.3) is 16.8 Å². The zero-order valence-electron chi connectivity index (χ0n) is 20.7. The third-order valence-electron chi connectivity index (χ3n) is 6.93. The Kier molecular flexibility index (Phi) is 6.67. The number of carbonyl (C=O) groups is 2. The van der Waals surface area contributed by atoms with E-state index in [9.17, 15) is 19.1 Å². The molecule has 1 aliphatic rings. The summed E-state index contributed by atoms with van der Waals surface area (Å²) >= 11 is 6.18. The number of ether oxygens (including phenoxy) is 1. The van der Waals surface area contributed by atoms with Crippen molar-refractivity contribution in [1.29, 1.82) is 0 Å². The van der Waals surface area contributed by atoms with Gasteiger partial charge in [0.15, 0.2) is 11.6 Å². The molecule has 194 valence electrons. The minimum absolute atomic E-state index is 0.163. The Bertz CT molecular complexity index is 1530. The average molecular weight is 534 g/mol. The molecule has 1 saturated carbocycles. The highest BCUT2D eigenvalue weighted by Gasteiger charge is 2.52. The molecule has 0 bridgehead atoms. The molecule has 4 aromatic rings. The van der Waals surface area contributed by atoms with Crippen molar-refractivity contribution in [3.8, 4) is 16.8 Å². The normalized spacial score (nSPS) is 14.5. The van der Waals surface area contributed by atoms with Gasteiger partial charge >= 0.3 is 12.1 Å². The van der Waals surface area contributed by atoms with E-state index in [-0.39, 0.29) is 5.82 Å². The second-order valence-electron chi connectivity index (χ2n) is 9.41. The van der Waals surface area contributed by atoms with E-state index in [2.05, 4.69) is 10.4 Å². The van der Waals surface area contributed by atoms with Crippen LogP contribution in [0.5, 0.6) is 0 Å². The molecule has 1 aliphatic carbocycles. The van der Waals surface area contributed by atoms with Crippen LogP contribution in [0.3, 0.4) is 0 Å². The average Bonchev–Trinajstić information content (AvgIpc) is 3.64. The molecule has 0 aliphatic heterocycles. The van der Waals surface area contributed by atoms with Gasteiger partial charge in [-0.1, -0.05) is 54.1 Å². The van der Waals surface area contributed by atoms with E-state index in [0.29, 0.717) is 29.1 Å². The van der Waals surface area contributed by atoms with Crippen LogP contribution in [0.2, 0.25) is 5.02 Å². The fourth-order valence-electron chi connectivity index (χ4n) is 4.63. The number of rotatable bonds is 7. The van der Waals surface area contributed by atoms with Gasteiger partial charge in [0, 0.05) is 10.6 Å². The Balaban J connectivity index is 1.35. The molecule has 2 N–H and O–H groups in total. The minimum Gasteiger partial charge on any atom is -0.481 e. The summed E-state index contributed by atoms with van der Waals surface area (Å²) in [7, 11) is 0. The number of halogens is 2. The van der Waals surface area contributed by atoms with Gasteiger partial charge in [-0.3, -0.25) is 10.1 Å². The number of aliphatic carboxylic acids is 1. The summed E-state index contributed by atoms with van der Waals surface area (Å²) < 4.78 is 21.2. The Morgan fingerprint density at radius 3 is 2.45 bits per heavy atom. The molecule has 9 heteroatoms. The van der Waals surface area contributed by atoms with Crippen molar-refractivity contribution < 1.29 is 23.8 Å². The highest BCUT2D eigenvalue weighted by molar-refractivity contribution is 6.31. The van der Waals surface area contributed by atoms with Crippen LogP contribution in [0.15, 0.2) is 72.9 Å². The van der Waals surface area contributed by atoms with E-state index in [0.717, 1.165) is 28.5 Å². The van der Waals surface area contributed by atoms with Gasteiger partial charge in [-0.25, -0.2) is 13.9 Å². The maximum absolute atomic E-state index is 14.6. The van der Waals surface area contributed by atoms with Crippen LogP contribution in [0, 0.1) is 12.7 Å². The maximum atomic E-state index is 14.6. The predicted octanol–water partition coefficient (Wildman–Crippen LogP) is 7.07. The number of amides is 1. The van der Waals surface area contributed by atoms with Gasteiger partial charge in [0.2, 0.25) is 0 Å². The van der Waals surface area contributed by atoms with Crippen molar-refractivity contribution in [2.45, 2.75) is 38.2 Å². The number of carbonyl (C=O) groups excluding carboxylic acids is 1. The largest absolute Gasteiger partial charge is 0.481 e. The summed E-state index contributed by atoms with van der Waals surface area (Å²) in [6.45, 7) is 3.59. The lowest BCUT2D eigenvalue weighted by Gasteiger charge is -2.16. The van der Waals surface area contributed by atoms with E-state index in [1.54, 1.807) is 43.3 Å². The highest BCUT2D eigenvalue weighted by atomic mass is 35.5. The molecule has 38 heavy (non-hydrogen) atoms. The number of carboxylic acids is 1. The molecule has 3 aromatic carbocycles. The summed E-state index contributed by atoms with van der Waals surface area (Å²) in [5.41, 5.74) is 3.87. The molecule has 5 rings (SSSR count). The molecule has 1 heterocycles. The van der Waals surface area contributed by atoms with Gasteiger partial charge in [0.05, 0.1) is 17.3 Å². The van der Waals surface area contributed by atoms with Crippen molar-refractivity contribution in [3.05, 3.63) is 100 Å². The zero-order valence-corrected chi connectivity index (χ0v) is 21.5. The standard InChI is InChI=1S/C29H25ClFN3O4/c1-17-7-8-20(15-23(17)29(13-14-29)27(35)36)19-9-11-21(12-10-19)34-26(25(31)16-32-34)33-28(37)38-18(2)22-5-3-4-6-24(22)30/h3-12,15-16,18H,13-14H2,1-2H3,(H,33,37)(H,35,36). The van der Waals surface area contributed by atoms with Gasteiger partial charge in [-0.05, 0) is 73.2 Å². The molecule has 1 fully saturated rings. The Hall–Kier alpha value is -4.17. The molecule has 0 radical (unpaired) electrons. The van der Waals surface area contributed by atoms with Crippen LogP contribution < -0.4 is 5.32 Å². The first-order valence-corrected chi connectivity index (χ1v) is 12.5. The number of aromatic nitrogens is 2. The fourth-order valence-corrected chi connectivity index (χ4v) is 4.92. The number of nitrogens with one attached hydrogen (secondary N) is 1. The first-order chi connectivity index (χ1) is 18.2. The second-order valence-corrected chi connectivity index (χ2v) is 9.82. The van der Waals surface area contributed by atoms with Crippen molar-refractivity contribution in [3.63, 3.8) is 0 Å². The van der Waals surface area contributed by atoms with Gasteiger partial charge in [-0.15, -0.1) is 0 Å². The Labute approximate surface area is 223 Å². The molecule has 1 unspecified atom stereocenters. The van der Waals surface area contributed by atoms with Crippen LogP contribution in [0.4, 0.5) is 15.0 Å². The number of benzene rings is 3. The lowest BCUT2D eigenvalue weighted by Crippen LogP contribution is -2.20. The molecule has 0 spiro atoms. The molecular weight excluding hydrogens is 509 g/mol. The first-order valence-electron chi connectivity index (χ1n) is 12.1. The number of hydrogen-bond acceptors (Lipinski definition) is 4. The molecule has 1 aromatic heterocycles. The minimum atomic E-state index is -0.852. The smallest absolute Gasteiger partial charge is 0.413 e. The SMILES string of the molecule is Cc1ccc(-c2ccc(-n3ncc(F)c3NC(=O)OC(C)c3ccccc3Cl)cc2)cc1C1(C(=O)O)CC1. The van der Waals surface area contributed by atoms with Crippen LogP contribution in [0.1, 0.15) is 42.6 Å². The van der Waals surface area contributed by atoms with Crippen LogP contribution in [-0.4, -0.2) is 26.9 Å². The van der Waals surface area contributed by atoms with E-state index in [1.165, 1.54) is 4.68 Å². The highest BCUT2D eigenvalue weighted by Crippen LogP contribution is 2.50. The zero-order chi connectivity index (χ0) is 27.0. The quantitative estimate of drug-likeness (QED) is 0.265. The number of nitrogens with zero attached hydrogens (tertiary/aromatic N) is 2. The molecular formula is C29H25ClFN3O4. The third kappa shape index (κ3) is 4.75. The summed E-state index contributed by atoms with van der Waals surface area (Å²) in [6, 6.07) is 20.0. The van der Waals surface area contributed by atoms with Gasteiger partial charge in [-0.2, -0.15) is 5.10 Å². The summed E-state index contributed by atoms with van der Waals surface area (Å²) in [5, 5.41) is 16.7. The maximum Gasteiger partial charge on any atom is 0.413 e. The lowest BCUT2D eigenvalue weighted by atomic mass is 9.89. The predicted molar refractivity (Wildman–Crippen MR) is 142 cm³/mol. The summed E-state index contributed by atoms with van der Waals surface area (Å²) in [4.78, 5) is 24.4. The van der Waals surface area contributed by atoms with E-state index < -0.39 is 29.4 Å². The Morgan fingerprint density at radius 2 is 1.79 bits per heavy atom. The number of hydrogen-bond donors (Lipinski definition) is 2. The molecule has 7 nitrogen and oxygen atoms in total. The molecule has 1 amide bonds. The van der Waals surface area contributed by atoms with Gasteiger partial charge in [0.1, 0.15) is 6.10 Å². The van der Waals surface area contributed by atoms with Crippen molar-refractivity contribution in [2.75, 3.05) is 5.32 Å². The monoisotopic (exact) mass is 533 g/mol. The molecule has 0 saturated heterocycles. The summed E-state index contributed by atoms with van der Waals surface area (Å²) in [6.07, 6.45) is 0.762. The fraction of sp³-hybridized carbons (Fsp3) is 0.207. The van der Waals surface area contributed by atoms with Crippen molar-refractivity contribution in [1.82, 2.24) is 9.78 Å². The number of carboxylic acid groups (broad SMARTS) is 1. The van der Waals surface area contributed by atoms with Gasteiger partial charge in [0.25, 0.3) is 0 Å². The molecule has 1 atom stereocenters. The van der Waals surface area contributed by atoms with E-state index in [1.807, 2.05) is 37.3 Å².